The van der Waals surface area contributed by atoms with Crippen LogP contribution in [0.1, 0.15) is 5.56 Å². The molecule has 0 bridgehead atoms. The maximum Gasteiger partial charge on any atom is 0.490 e. The summed E-state index contributed by atoms with van der Waals surface area (Å²) in [5.74, 6) is 0. The Balaban J connectivity index is 2.79. The van der Waals surface area contributed by atoms with Gasteiger partial charge in [-0.25, -0.2) is 0 Å². The van der Waals surface area contributed by atoms with E-state index < -0.39 is 7.12 Å². The minimum absolute atomic E-state index is 0.535. The molecule has 3 nitrogen and oxygen atoms in total. The first-order chi connectivity index (χ1) is 6.20. The van der Waals surface area contributed by atoms with Crippen molar-refractivity contribution in [2.45, 2.75) is 6.92 Å². The quantitative estimate of drug-likeness (QED) is 0.540. The highest BCUT2D eigenvalue weighted by atomic mass is 16.4. The second-order valence-corrected chi connectivity index (χ2v) is 3.12. The van der Waals surface area contributed by atoms with E-state index >= 15 is 0 Å². The fraction of sp³-hybridized carbons (Fsp3) is 0.111. The minimum Gasteiger partial charge on any atom is -0.423 e. The third-order valence-electron chi connectivity index (χ3n) is 2.22. The zero-order valence-corrected chi connectivity index (χ0v) is 7.28. The van der Waals surface area contributed by atoms with E-state index in [1.54, 1.807) is 6.20 Å². The van der Waals surface area contributed by atoms with Crippen LogP contribution in [0.3, 0.4) is 0 Å². The van der Waals surface area contributed by atoms with Crippen molar-refractivity contribution in [2.75, 3.05) is 0 Å². The molecule has 1 heterocycles. The van der Waals surface area contributed by atoms with Gasteiger partial charge in [-0.2, -0.15) is 0 Å². The second kappa shape index (κ2) is 2.90. The summed E-state index contributed by atoms with van der Waals surface area (Å²) in [5, 5.41) is 19.0. The highest BCUT2D eigenvalue weighted by Gasteiger charge is 2.16. The van der Waals surface area contributed by atoms with Crippen LogP contribution in [0.5, 0.6) is 0 Å². The Labute approximate surface area is 76.2 Å². The Morgan fingerprint density at radius 1 is 1.31 bits per heavy atom. The summed E-state index contributed by atoms with van der Waals surface area (Å²) >= 11 is 0. The number of aromatic amines is 1. The lowest BCUT2D eigenvalue weighted by Crippen LogP contribution is -2.29. The van der Waals surface area contributed by atoms with Crippen LogP contribution in [-0.2, 0) is 0 Å². The van der Waals surface area contributed by atoms with Crippen LogP contribution in [-0.4, -0.2) is 22.2 Å². The molecule has 1 aromatic carbocycles. The summed E-state index contributed by atoms with van der Waals surface area (Å²) < 4.78 is 0. The summed E-state index contributed by atoms with van der Waals surface area (Å²) in [6.07, 6.45) is 1.63. The number of aryl methyl sites for hydroxylation is 1. The molecule has 0 unspecified atom stereocenters. The molecule has 2 aromatic rings. The van der Waals surface area contributed by atoms with Crippen molar-refractivity contribution in [3.05, 3.63) is 30.0 Å². The molecule has 2 rings (SSSR count). The van der Waals surface area contributed by atoms with Crippen LogP contribution in [0.4, 0.5) is 0 Å². The topological polar surface area (TPSA) is 56.2 Å². The van der Waals surface area contributed by atoms with Gasteiger partial charge in [0, 0.05) is 22.6 Å². The molecule has 0 aliphatic carbocycles. The van der Waals surface area contributed by atoms with Crippen LogP contribution in [0, 0.1) is 6.92 Å². The molecule has 0 radical (unpaired) electrons. The van der Waals surface area contributed by atoms with Gasteiger partial charge in [-0.1, -0.05) is 12.1 Å². The maximum absolute atomic E-state index is 9.07. The molecular formula is C9H10BNO2. The van der Waals surface area contributed by atoms with Crippen LogP contribution >= 0.6 is 0 Å². The monoisotopic (exact) mass is 175 g/mol. The lowest BCUT2D eigenvalue weighted by molar-refractivity contribution is 0.426. The van der Waals surface area contributed by atoms with E-state index in [1.807, 2.05) is 25.1 Å². The first-order valence-corrected chi connectivity index (χ1v) is 4.13. The standard InChI is InChI=1S/C9H10BNO2/c1-6-3-2-4-8-9(6)7(5-11-8)10(12)13/h2-5,11-13H,1H3. The zero-order chi connectivity index (χ0) is 9.42. The van der Waals surface area contributed by atoms with Gasteiger partial charge in [0.2, 0.25) is 0 Å². The van der Waals surface area contributed by atoms with Gasteiger partial charge in [0.1, 0.15) is 0 Å². The minimum atomic E-state index is -1.41. The number of hydrogen-bond donors (Lipinski definition) is 3. The smallest absolute Gasteiger partial charge is 0.423 e. The number of rotatable bonds is 1. The maximum atomic E-state index is 9.07. The van der Waals surface area contributed by atoms with Crippen molar-refractivity contribution >= 4 is 23.5 Å². The Morgan fingerprint density at radius 2 is 2.08 bits per heavy atom. The van der Waals surface area contributed by atoms with Gasteiger partial charge in [-0.05, 0) is 18.6 Å². The van der Waals surface area contributed by atoms with Crippen LogP contribution in [0.25, 0.3) is 10.9 Å². The second-order valence-electron chi connectivity index (χ2n) is 3.12. The zero-order valence-electron chi connectivity index (χ0n) is 7.28. The van der Waals surface area contributed by atoms with E-state index in [-0.39, 0.29) is 0 Å². The Hall–Kier alpha value is -1.26. The molecule has 1 aromatic heterocycles. The summed E-state index contributed by atoms with van der Waals surface area (Å²) in [6, 6.07) is 5.79. The lowest BCUT2D eigenvalue weighted by Gasteiger charge is -1.99. The van der Waals surface area contributed by atoms with Gasteiger partial charge >= 0.3 is 7.12 Å². The number of benzene rings is 1. The van der Waals surface area contributed by atoms with Gasteiger partial charge in [0.15, 0.2) is 0 Å². The predicted octanol–water partition coefficient (Wildman–Crippen LogP) is 0.156. The molecule has 13 heavy (non-hydrogen) atoms. The predicted molar refractivity (Wildman–Crippen MR) is 52.9 cm³/mol. The van der Waals surface area contributed by atoms with Gasteiger partial charge in [0.25, 0.3) is 0 Å². The number of H-pyrrole nitrogens is 1. The van der Waals surface area contributed by atoms with Crippen molar-refractivity contribution in [1.29, 1.82) is 0 Å². The number of aromatic nitrogens is 1. The largest absolute Gasteiger partial charge is 0.490 e. The molecule has 0 saturated carbocycles. The van der Waals surface area contributed by atoms with Crippen molar-refractivity contribution in [3.63, 3.8) is 0 Å². The van der Waals surface area contributed by atoms with Crippen LogP contribution in [0.2, 0.25) is 0 Å². The number of nitrogens with one attached hydrogen (secondary N) is 1. The number of hydrogen-bond acceptors (Lipinski definition) is 2. The van der Waals surface area contributed by atoms with E-state index in [2.05, 4.69) is 4.98 Å². The van der Waals surface area contributed by atoms with Crippen LogP contribution < -0.4 is 5.46 Å². The average molecular weight is 175 g/mol. The van der Waals surface area contributed by atoms with Crippen molar-refractivity contribution in [1.82, 2.24) is 4.98 Å². The van der Waals surface area contributed by atoms with Crippen molar-refractivity contribution < 1.29 is 10.0 Å². The first-order valence-electron chi connectivity index (χ1n) is 4.13. The summed E-state index contributed by atoms with van der Waals surface area (Å²) in [4.78, 5) is 2.99. The lowest BCUT2D eigenvalue weighted by atomic mass is 9.79. The Bertz CT molecular complexity index is 436. The molecule has 0 fully saturated rings. The van der Waals surface area contributed by atoms with E-state index in [1.165, 1.54) is 0 Å². The van der Waals surface area contributed by atoms with E-state index in [0.29, 0.717) is 5.46 Å². The molecule has 0 amide bonds. The average Bonchev–Trinajstić information content (AvgIpc) is 2.49. The van der Waals surface area contributed by atoms with Gasteiger partial charge in [-0.15, -0.1) is 0 Å². The molecule has 0 spiro atoms. The molecule has 3 N–H and O–H groups in total. The van der Waals surface area contributed by atoms with E-state index in [9.17, 15) is 0 Å². The molecule has 0 aliphatic heterocycles. The molecule has 0 aliphatic rings. The molecule has 66 valence electrons. The van der Waals surface area contributed by atoms with Gasteiger partial charge in [0.05, 0.1) is 0 Å². The first kappa shape index (κ1) is 8.35. The van der Waals surface area contributed by atoms with E-state index in [4.69, 9.17) is 10.0 Å². The third-order valence-corrected chi connectivity index (χ3v) is 2.22. The summed E-state index contributed by atoms with van der Waals surface area (Å²) in [5.41, 5.74) is 2.51. The molecule has 0 atom stereocenters. The van der Waals surface area contributed by atoms with Crippen LogP contribution in [0.15, 0.2) is 24.4 Å². The van der Waals surface area contributed by atoms with Gasteiger partial charge in [-0.3, -0.25) is 0 Å². The Kier molecular flexibility index (Phi) is 1.86. The normalized spacial score (nSPS) is 10.7. The van der Waals surface area contributed by atoms with Gasteiger partial charge < -0.3 is 15.0 Å². The Morgan fingerprint density at radius 3 is 2.77 bits per heavy atom. The fourth-order valence-corrected chi connectivity index (χ4v) is 1.60. The summed E-state index contributed by atoms with van der Waals surface area (Å²) in [6.45, 7) is 1.95. The third kappa shape index (κ3) is 1.24. The summed E-state index contributed by atoms with van der Waals surface area (Å²) in [7, 11) is -1.41. The SMILES string of the molecule is Cc1cccc2[nH]cc(B(O)O)c12. The van der Waals surface area contributed by atoms with E-state index in [0.717, 1.165) is 16.5 Å². The van der Waals surface area contributed by atoms with Crippen molar-refractivity contribution in [3.8, 4) is 0 Å². The van der Waals surface area contributed by atoms with Crippen molar-refractivity contribution in [2.24, 2.45) is 0 Å². The number of fused-ring (bicyclic) bond motifs is 1. The highest BCUT2D eigenvalue weighted by Crippen LogP contribution is 2.14. The molecular weight excluding hydrogens is 165 g/mol. The fourth-order valence-electron chi connectivity index (χ4n) is 1.60. The molecule has 0 saturated heterocycles. The highest BCUT2D eigenvalue weighted by molar-refractivity contribution is 6.62. The molecule has 4 heteroatoms.